The first-order valence-corrected chi connectivity index (χ1v) is 13.2. The van der Waals surface area contributed by atoms with Gasteiger partial charge in [-0.1, -0.05) is 53.0 Å². The second-order valence-electron chi connectivity index (χ2n) is 11.9. The second-order valence-corrected chi connectivity index (χ2v) is 11.9. The molecule has 34 heavy (non-hydrogen) atoms. The average Bonchev–Trinajstić information content (AvgIpc) is 3.45. The number of cyclic esters (lactones) is 1. The van der Waals surface area contributed by atoms with E-state index < -0.39 is 5.41 Å². The van der Waals surface area contributed by atoms with Gasteiger partial charge in [-0.2, -0.15) is 0 Å². The number of hydrogen-bond acceptors (Lipinski definition) is 4. The van der Waals surface area contributed by atoms with Gasteiger partial charge in [0.05, 0.1) is 11.0 Å². The zero-order chi connectivity index (χ0) is 24.6. The molecule has 0 amide bonds. The number of Topliss-reactive ketones (excluding diaryl/α,β-unsaturated/α-hetero) is 1. The van der Waals surface area contributed by atoms with Gasteiger partial charge in [0.2, 0.25) is 0 Å². The van der Waals surface area contributed by atoms with Gasteiger partial charge >= 0.3 is 5.97 Å². The summed E-state index contributed by atoms with van der Waals surface area (Å²) < 4.78 is 8.19. The van der Waals surface area contributed by atoms with Crippen molar-refractivity contribution >= 4 is 22.8 Å². The third-order valence-corrected chi connectivity index (χ3v) is 8.46. The number of carbonyl (C=O) groups excluding carboxylic acids is 2. The van der Waals surface area contributed by atoms with Gasteiger partial charge in [0.1, 0.15) is 17.7 Å². The first kappa shape index (κ1) is 24.9. The number of esters is 1. The standard InChI is InChI=1S/C29H42N2O3/c1-18-8-7-9-21-15-23(21)17-26(22-10-11-25-24(16-22)30-20(3)31(25)6)34-27(32)12-13-29(4,5)28(33)19(2)14-18/h10-11,16,18-19,21,23,26H,7-9,12-15,17H2,1-6H3. The number of carbonyl (C=O) groups is 2. The van der Waals surface area contributed by atoms with Crippen molar-refractivity contribution in [2.45, 2.75) is 92.1 Å². The highest BCUT2D eigenvalue weighted by Gasteiger charge is 2.40. The predicted molar refractivity (Wildman–Crippen MR) is 135 cm³/mol. The number of ether oxygens (including phenoxy) is 1. The van der Waals surface area contributed by atoms with Crippen molar-refractivity contribution in [1.82, 2.24) is 9.55 Å². The summed E-state index contributed by atoms with van der Waals surface area (Å²) in [7, 11) is 2.02. The predicted octanol–water partition coefficient (Wildman–Crippen LogP) is 6.71. The summed E-state index contributed by atoms with van der Waals surface area (Å²) in [6, 6.07) is 6.27. The maximum atomic E-state index is 13.1. The number of rotatable bonds is 1. The summed E-state index contributed by atoms with van der Waals surface area (Å²) in [5.41, 5.74) is 2.55. The quantitative estimate of drug-likeness (QED) is 0.438. The Balaban J connectivity index is 1.55. The number of imidazole rings is 1. The van der Waals surface area contributed by atoms with Crippen LogP contribution in [-0.4, -0.2) is 21.3 Å². The molecule has 4 rings (SSSR count). The third kappa shape index (κ3) is 5.55. The third-order valence-electron chi connectivity index (χ3n) is 8.46. The minimum Gasteiger partial charge on any atom is -0.457 e. The van der Waals surface area contributed by atoms with Crippen LogP contribution in [0.25, 0.3) is 11.0 Å². The summed E-state index contributed by atoms with van der Waals surface area (Å²) in [5, 5.41) is 0. The molecule has 2 heterocycles. The minimum atomic E-state index is -0.517. The van der Waals surface area contributed by atoms with Gasteiger partial charge in [-0.05, 0) is 68.1 Å². The molecule has 0 N–H and O–H groups in total. The Morgan fingerprint density at radius 3 is 2.59 bits per heavy atom. The van der Waals surface area contributed by atoms with Crippen molar-refractivity contribution in [3.8, 4) is 0 Å². The van der Waals surface area contributed by atoms with Crippen molar-refractivity contribution in [3.05, 3.63) is 29.6 Å². The van der Waals surface area contributed by atoms with Crippen LogP contribution in [-0.2, 0) is 21.4 Å². The number of hydrogen-bond donors (Lipinski definition) is 0. The molecule has 2 aromatic rings. The van der Waals surface area contributed by atoms with Crippen LogP contribution in [0.3, 0.4) is 0 Å². The highest BCUT2D eigenvalue weighted by Crippen LogP contribution is 2.49. The lowest BCUT2D eigenvalue weighted by atomic mass is 9.75. The molecule has 5 unspecified atom stereocenters. The molecule has 5 heteroatoms. The van der Waals surface area contributed by atoms with Crippen molar-refractivity contribution in [1.29, 1.82) is 0 Å². The van der Waals surface area contributed by atoms with Crippen molar-refractivity contribution in [2.75, 3.05) is 0 Å². The molecule has 0 radical (unpaired) electrons. The van der Waals surface area contributed by atoms with Crippen molar-refractivity contribution < 1.29 is 14.3 Å². The Bertz CT molecular complexity index is 1050. The number of ketones is 1. The highest BCUT2D eigenvalue weighted by molar-refractivity contribution is 5.86. The molecule has 2 aliphatic rings. The lowest BCUT2D eigenvalue weighted by Crippen LogP contribution is -2.31. The number of nitrogens with zero attached hydrogens (tertiary/aromatic N) is 2. The van der Waals surface area contributed by atoms with Crippen LogP contribution < -0.4 is 0 Å². The van der Waals surface area contributed by atoms with Crippen LogP contribution in [0.4, 0.5) is 0 Å². The molecule has 1 aliphatic heterocycles. The molecule has 2 fully saturated rings. The molecule has 1 aliphatic carbocycles. The van der Waals surface area contributed by atoms with E-state index in [1.54, 1.807) is 0 Å². The molecule has 1 saturated carbocycles. The summed E-state index contributed by atoms with van der Waals surface area (Å²) in [4.78, 5) is 30.8. The largest absolute Gasteiger partial charge is 0.457 e. The van der Waals surface area contributed by atoms with Gasteiger partial charge in [0.25, 0.3) is 0 Å². The molecule has 5 nitrogen and oxygen atoms in total. The maximum absolute atomic E-state index is 13.1. The van der Waals surface area contributed by atoms with Gasteiger partial charge in [-0.25, -0.2) is 4.98 Å². The van der Waals surface area contributed by atoms with E-state index in [2.05, 4.69) is 41.6 Å². The molecule has 1 aromatic heterocycles. The Morgan fingerprint density at radius 2 is 1.82 bits per heavy atom. The van der Waals surface area contributed by atoms with E-state index in [1.165, 1.54) is 25.7 Å². The SMILES string of the molecule is Cc1nc2cc(C3CC4CC4CCCC(C)CC(C)C(=O)C(C)(C)CCC(=O)O3)ccc2n1C. The Kier molecular flexibility index (Phi) is 7.21. The van der Waals surface area contributed by atoms with Crippen molar-refractivity contribution in [3.63, 3.8) is 0 Å². The molecular formula is C29H42N2O3. The number of benzene rings is 1. The normalized spacial score (nSPS) is 31.2. The van der Waals surface area contributed by atoms with Crippen LogP contribution >= 0.6 is 0 Å². The van der Waals surface area contributed by atoms with E-state index in [0.717, 1.165) is 41.2 Å². The molecule has 1 saturated heterocycles. The fourth-order valence-corrected chi connectivity index (χ4v) is 6.00. The molecule has 1 aromatic carbocycles. The van der Waals surface area contributed by atoms with Gasteiger partial charge in [0.15, 0.2) is 0 Å². The van der Waals surface area contributed by atoms with Gasteiger partial charge in [-0.15, -0.1) is 0 Å². The van der Waals surface area contributed by atoms with E-state index in [4.69, 9.17) is 4.74 Å². The van der Waals surface area contributed by atoms with Crippen LogP contribution in [0.2, 0.25) is 0 Å². The van der Waals surface area contributed by atoms with Crippen LogP contribution in [0, 0.1) is 36.0 Å². The molecular weight excluding hydrogens is 424 g/mol. The Labute approximate surface area is 204 Å². The molecule has 186 valence electrons. The number of fused-ring (bicyclic) bond motifs is 2. The summed E-state index contributed by atoms with van der Waals surface area (Å²) in [6.07, 6.45) is 7.25. The van der Waals surface area contributed by atoms with Crippen molar-refractivity contribution in [2.24, 2.45) is 36.1 Å². The van der Waals surface area contributed by atoms with Crippen LogP contribution in [0.1, 0.15) is 96.6 Å². The van der Waals surface area contributed by atoms with Crippen LogP contribution in [0.15, 0.2) is 18.2 Å². The number of aromatic nitrogens is 2. The topological polar surface area (TPSA) is 61.2 Å². The number of aryl methyl sites for hydroxylation is 2. The second kappa shape index (κ2) is 9.83. The zero-order valence-corrected chi connectivity index (χ0v) is 21.9. The van der Waals surface area contributed by atoms with E-state index in [9.17, 15) is 9.59 Å². The van der Waals surface area contributed by atoms with Crippen LogP contribution in [0.5, 0.6) is 0 Å². The first-order chi connectivity index (χ1) is 16.0. The smallest absolute Gasteiger partial charge is 0.306 e. The maximum Gasteiger partial charge on any atom is 0.306 e. The van der Waals surface area contributed by atoms with Gasteiger partial charge in [-0.3, -0.25) is 9.59 Å². The lowest BCUT2D eigenvalue weighted by Gasteiger charge is -2.28. The van der Waals surface area contributed by atoms with Gasteiger partial charge < -0.3 is 9.30 Å². The summed E-state index contributed by atoms with van der Waals surface area (Å²) in [6.45, 7) is 10.3. The fraction of sp³-hybridized carbons (Fsp3) is 0.690. The molecule has 0 spiro atoms. The molecule has 0 bridgehead atoms. The summed E-state index contributed by atoms with van der Waals surface area (Å²) in [5.74, 6) is 3.00. The van der Waals surface area contributed by atoms with Gasteiger partial charge in [0, 0.05) is 24.8 Å². The molecule has 5 atom stereocenters. The zero-order valence-electron chi connectivity index (χ0n) is 21.9. The fourth-order valence-electron chi connectivity index (χ4n) is 6.00. The van der Waals surface area contributed by atoms with E-state index in [0.29, 0.717) is 18.3 Å². The Morgan fingerprint density at radius 1 is 1.06 bits per heavy atom. The highest BCUT2D eigenvalue weighted by atomic mass is 16.5. The Hall–Kier alpha value is -2.17. The lowest BCUT2D eigenvalue weighted by molar-refractivity contribution is -0.151. The minimum absolute atomic E-state index is 0.0314. The van der Waals surface area contributed by atoms with E-state index >= 15 is 0 Å². The summed E-state index contributed by atoms with van der Waals surface area (Å²) >= 11 is 0. The van der Waals surface area contributed by atoms with E-state index in [1.807, 2.05) is 27.8 Å². The average molecular weight is 467 g/mol. The van der Waals surface area contributed by atoms with E-state index in [-0.39, 0.29) is 30.2 Å². The first-order valence-electron chi connectivity index (χ1n) is 13.2. The monoisotopic (exact) mass is 466 g/mol.